The van der Waals surface area contributed by atoms with Crippen molar-refractivity contribution in [1.82, 2.24) is 9.80 Å². The monoisotopic (exact) mass is 472 g/mol. The van der Waals surface area contributed by atoms with Crippen LogP contribution in [0.3, 0.4) is 0 Å². The van der Waals surface area contributed by atoms with Crippen molar-refractivity contribution in [2.45, 2.75) is 31.4 Å². The molecule has 0 bridgehead atoms. The fourth-order valence-electron chi connectivity index (χ4n) is 5.12. The summed E-state index contributed by atoms with van der Waals surface area (Å²) in [6.45, 7) is 2.16. The molecular weight excluding hydrogens is 443 g/mol. The van der Waals surface area contributed by atoms with Gasteiger partial charge in [0.2, 0.25) is 5.91 Å². The van der Waals surface area contributed by atoms with E-state index in [-0.39, 0.29) is 24.2 Å². The van der Waals surface area contributed by atoms with Crippen molar-refractivity contribution < 1.29 is 18.7 Å². The van der Waals surface area contributed by atoms with E-state index in [4.69, 9.17) is 4.74 Å². The SMILES string of the molecule is O=C1COC2(CCCN(C(=O)c3ccccc3-c3ccccc3)CC2)CN1Cc1ccc(F)cc1. The summed E-state index contributed by atoms with van der Waals surface area (Å²) in [6, 6.07) is 24.0. The third-order valence-electron chi connectivity index (χ3n) is 7.05. The van der Waals surface area contributed by atoms with Crippen LogP contribution in [0.25, 0.3) is 11.1 Å². The summed E-state index contributed by atoms with van der Waals surface area (Å²) in [5, 5.41) is 0. The number of carbonyl (C=O) groups is 2. The standard InChI is InChI=1S/C29H29FN2O3/c30-24-13-11-22(12-14-24)19-32-21-29(35-20-27(32)33)15-6-17-31(18-16-29)28(34)26-10-5-4-9-25(26)23-7-2-1-3-8-23/h1-5,7-14H,6,15-21H2. The van der Waals surface area contributed by atoms with E-state index in [2.05, 4.69) is 0 Å². The fourth-order valence-corrected chi connectivity index (χ4v) is 5.12. The molecule has 2 aliphatic heterocycles. The highest BCUT2D eigenvalue weighted by molar-refractivity contribution is 6.00. The largest absolute Gasteiger partial charge is 0.363 e. The molecule has 0 saturated carbocycles. The van der Waals surface area contributed by atoms with Crippen LogP contribution in [-0.4, -0.2) is 53.5 Å². The van der Waals surface area contributed by atoms with Gasteiger partial charge in [0.15, 0.2) is 0 Å². The van der Waals surface area contributed by atoms with Crippen molar-refractivity contribution in [2.24, 2.45) is 0 Å². The zero-order chi connectivity index (χ0) is 24.3. The molecule has 6 heteroatoms. The molecule has 1 unspecified atom stereocenters. The molecule has 5 nitrogen and oxygen atoms in total. The third kappa shape index (κ3) is 5.13. The number of likely N-dealkylation sites (tertiary alicyclic amines) is 1. The average molecular weight is 473 g/mol. The summed E-state index contributed by atoms with van der Waals surface area (Å²) in [5.74, 6) is -0.327. The van der Waals surface area contributed by atoms with Crippen LogP contribution in [0, 0.1) is 5.82 Å². The second-order valence-electron chi connectivity index (χ2n) is 9.41. The second kappa shape index (κ2) is 10.0. The molecule has 0 aromatic heterocycles. The summed E-state index contributed by atoms with van der Waals surface area (Å²) in [4.78, 5) is 29.9. The molecule has 1 spiro atoms. The number of nitrogens with zero attached hydrogens (tertiary/aromatic N) is 2. The highest BCUT2D eigenvalue weighted by Gasteiger charge is 2.41. The molecule has 3 aromatic rings. The Bertz CT molecular complexity index is 1200. The van der Waals surface area contributed by atoms with E-state index in [0.29, 0.717) is 38.2 Å². The molecule has 180 valence electrons. The molecule has 0 N–H and O–H groups in total. The van der Waals surface area contributed by atoms with E-state index in [1.807, 2.05) is 59.5 Å². The lowest BCUT2D eigenvalue weighted by Crippen LogP contribution is -2.54. The molecular formula is C29H29FN2O3. The van der Waals surface area contributed by atoms with E-state index >= 15 is 0 Å². The van der Waals surface area contributed by atoms with E-state index in [1.165, 1.54) is 12.1 Å². The van der Waals surface area contributed by atoms with Crippen LogP contribution < -0.4 is 0 Å². The maximum Gasteiger partial charge on any atom is 0.254 e. The van der Waals surface area contributed by atoms with Crippen LogP contribution in [0.1, 0.15) is 35.2 Å². The van der Waals surface area contributed by atoms with Crippen molar-refractivity contribution in [3.63, 3.8) is 0 Å². The summed E-state index contributed by atoms with van der Waals surface area (Å²) in [5.41, 5.74) is 3.07. The average Bonchev–Trinajstić information content (AvgIpc) is 3.10. The maximum atomic E-state index is 13.6. The summed E-state index contributed by atoms with van der Waals surface area (Å²) < 4.78 is 19.4. The zero-order valence-electron chi connectivity index (χ0n) is 19.7. The number of morpholine rings is 1. The van der Waals surface area contributed by atoms with Gasteiger partial charge in [0.1, 0.15) is 12.4 Å². The van der Waals surface area contributed by atoms with Crippen molar-refractivity contribution >= 4 is 11.8 Å². The predicted octanol–water partition coefficient (Wildman–Crippen LogP) is 4.92. The van der Waals surface area contributed by atoms with Crippen LogP contribution in [0.4, 0.5) is 4.39 Å². The van der Waals surface area contributed by atoms with Crippen LogP contribution in [-0.2, 0) is 16.1 Å². The Morgan fingerprint density at radius 3 is 2.46 bits per heavy atom. The lowest BCUT2D eigenvalue weighted by molar-refractivity contribution is -0.166. The molecule has 3 aromatic carbocycles. The molecule has 1 atom stereocenters. The van der Waals surface area contributed by atoms with Gasteiger partial charge >= 0.3 is 0 Å². The lowest BCUT2D eigenvalue weighted by atomic mass is 9.92. The van der Waals surface area contributed by atoms with Gasteiger partial charge in [0.05, 0.1) is 12.1 Å². The Labute approximate surface area is 205 Å². The van der Waals surface area contributed by atoms with E-state index < -0.39 is 5.60 Å². The summed E-state index contributed by atoms with van der Waals surface area (Å²) >= 11 is 0. The maximum absolute atomic E-state index is 13.6. The number of ether oxygens (including phenoxy) is 1. The number of amides is 2. The first kappa shape index (κ1) is 23.2. The number of rotatable bonds is 4. The number of hydrogen-bond acceptors (Lipinski definition) is 3. The van der Waals surface area contributed by atoms with Gasteiger partial charge in [-0.1, -0.05) is 60.7 Å². The molecule has 35 heavy (non-hydrogen) atoms. The van der Waals surface area contributed by atoms with E-state index in [1.54, 1.807) is 17.0 Å². The smallest absolute Gasteiger partial charge is 0.254 e. The molecule has 2 amide bonds. The summed E-state index contributed by atoms with van der Waals surface area (Å²) in [7, 11) is 0. The highest BCUT2D eigenvalue weighted by Crippen LogP contribution is 2.32. The Kier molecular flexibility index (Phi) is 6.64. The zero-order valence-corrected chi connectivity index (χ0v) is 19.7. The van der Waals surface area contributed by atoms with E-state index in [9.17, 15) is 14.0 Å². The minimum atomic E-state index is -0.470. The van der Waals surface area contributed by atoms with Gasteiger partial charge in [-0.15, -0.1) is 0 Å². The van der Waals surface area contributed by atoms with Crippen LogP contribution >= 0.6 is 0 Å². The van der Waals surface area contributed by atoms with Crippen LogP contribution in [0.15, 0.2) is 78.9 Å². The van der Waals surface area contributed by atoms with Gasteiger partial charge in [0.25, 0.3) is 5.91 Å². The topological polar surface area (TPSA) is 49.9 Å². The van der Waals surface area contributed by atoms with Gasteiger partial charge in [-0.2, -0.15) is 0 Å². The fraction of sp³-hybridized carbons (Fsp3) is 0.310. The molecule has 0 aliphatic carbocycles. The first-order valence-electron chi connectivity index (χ1n) is 12.1. The Hall–Kier alpha value is -3.51. The molecule has 0 radical (unpaired) electrons. The molecule has 2 heterocycles. The number of hydrogen-bond donors (Lipinski definition) is 0. The highest BCUT2D eigenvalue weighted by atomic mass is 19.1. The van der Waals surface area contributed by atoms with Gasteiger partial charge in [-0.3, -0.25) is 9.59 Å². The van der Waals surface area contributed by atoms with Gasteiger partial charge in [-0.05, 0) is 54.2 Å². The molecule has 5 rings (SSSR count). The molecule has 2 saturated heterocycles. The Morgan fingerprint density at radius 1 is 0.914 bits per heavy atom. The lowest BCUT2D eigenvalue weighted by Gasteiger charge is -2.42. The number of benzene rings is 3. The second-order valence-corrected chi connectivity index (χ2v) is 9.41. The van der Waals surface area contributed by atoms with Crippen molar-refractivity contribution in [1.29, 1.82) is 0 Å². The number of carbonyl (C=O) groups excluding carboxylic acids is 2. The summed E-state index contributed by atoms with van der Waals surface area (Å²) in [6.07, 6.45) is 2.25. The van der Waals surface area contributed by atoms with Crippen LogP contribution in [0.5, 0.6) is 0 Å². The Morgan fingerprint density at radius 2 is 1.66 bits per heavy atom. The van der Waals surface area contributed by atoms with Crippen molar-refractivity contribution in [2.75, 3.05) is 26.2 Å². The first-order chi connectivity index (χ1) is 17.0. The first-order valence-corrected chi connectivity index (χ1v) is 12.1. The minimum absolute atomic E-state index is 0.0246. The number of halogens is 1. The third-order valence-corrected chi connectivity index (χ3v) is 7.05. The molecule has 2 aliphatic rings. The van der Waals surface area contributed by atoms with E-state index in [0.717, 1.165) is 29.5 Å². The quantitative estimate of drug-likeness (QED) is 0.542. The van der Waals surface area contributed by atoms with Crippen molar-refractivity contribution in [3.05, 3.63) is 95.8 Å². The Balaban J connectivity index is 1.30. The normalized spacial score (nSPS) is 20.7. The minimum Gasteiger partial charge on any atom is -0.363 e. The van der Waals surface area contributed by atoms with Crippen molar-refractivity contribution in [3.8, 4) is 11.1 Å². The van der Waals surface area contributed by atoms with Gasteiger partial charge in [-0.25, -0.2) is 4.39 Å². The van der Waals surface area contributed by atoms with Crippen LogP contribution in [0.2, 0.25) is 0 Å². The molecule has 2 fully saturated rings. The van der Waals surface area contributed by atoms with Gasteiger partial charge in [0, 0.05) is 25.2 Å². The van der Waals surface area contributed by atoms with Gasteiger partial charge < -0.3 is 14.5 Å². The predicted molar refractivity (Wildman–Crippen MR) is 132 cm³/mol.